The van der Waals surface area contributed by atoms with Gasteiger partial charge in [-0.3, -0.25) is 4.79 Å². The molecule has 0 aliphatic carbocycles. The maximum absolute atomic E-state index is 12.0. The molecule has 1 aliphatic rings. The Morgan fingerprint density at radius 3 is 3.16 bits per heavy atom. The number of hydrogen-bond acceptors (Lipinski definition) is 5. The number of nitrogens with zero attached hydrogens (tertiary/aromatic N) is 3. The molecule has 0 unspecified atom stereocenters. The summed E-state index contributed by atoms with van der Waals surface area (Å²) in [6.07, 6.45) is 2.87. The smallest absolute Gasteiger partial charge is 0.226 e. The number of rotatable bonds is 4. The molecule has 1 amide bonds. The molecule has 2 rings (SSSR count). The zero-order valence-corrected chi connectivity index (χ0v) is 11.3. The van der Waals surface area contributed by atoms with E-state index in [-0.39, 0.29) is 5.91 Å². The zero-order valence-electron chi connectivity index (χ0n) is 11.3. The average Bonchev–Trinajstić information content (AvgIpc) is 2.67. The molecule has 1 aromatic heterocycles. The number of amides is 1. The number of nitrogens with one attached hydrogen (secondary N) is 1. The first-order valence-electron chi connectivity index (χ1n) is 6.65. The number of carbonyl (C=O) groups is 1. The fourth-order valence-corrected chi connectivity index (χ4v) is 2.01. The van der Waals surface area contributed by atoms with Crippen molar-refractivity contribution in [2.45, 2.75) is 19.8 Å². The van der Waals surface area contributed by atoms with Gasteiger partial charge in [-0.05, 0) is 19.9 Å². The average molecular weight is 264 g/mol. The second-order valence-electron chi connectivity index (χ2n) is 4.58. The molecule has 6 heteroatoms. The van der Waals surface area contributed by atoms with Crippen LogP contribution in [0.25, 0.3) is 0 Å². The van der Waals surface area contributed by atoms with Crippen LogP contribution in [0.2, 0.25) is 0 Å². The SMILES string of the molecule is Cc1cc(OCCC(=O)N2CCCNCC2)ncn1. The molecule has 1 fully saturated rings. The van der Waals surface area contributed by atoms with Crippen molar-refractivity contribution in [2.24, 2.45) is 0 Å². The highest BCUT2D eigenvalue weighted by molar-refractivity contribution is 5.76. The molecule has 1 aliphatic heterocycles. The minimum atomic E-state index is 0.148. The van der Waals surface area contributed by atoms with Crippen LogP contribution < -0.4 is 10.1 Å². The first-order chi connectivity index (χ1) is 9.25. The Labute approximate surface area is 113 Å². The van der Waals surface area contributed by atoms with Crippen LogP contribution in [-0.2, 0) is 4.79 Å². The fraction of sp³-hybridized carbons (Fsp3) is 0.615. The first kappa shape index (κ1) is 13.7. The number of hydrogen-bond donors (Lipinski definition) is 1. The van der Waals surface area contributed by atoms with Crippen LogP contribution in [0.1, 0.15) is 18.5 Å². The summed E-state index contributed by atoms with van der Waals surface area (Å²) < 4.78 is 5.47. The fourth-order valence-electron chi connectivity index (χ4n) is 2.01. The Morgan fingerprint density at radius 2 is 2.32 bits per heavy atom. The van der Waals surface area contributed by atoms with Crippen LogP contribution in [0, 0.1) is 6.92 Å². The van der Waals surface area contributed by atoms with Gasteiger partial charge in [0.25, 0.3) is 0 Å². The summed E-state index contributed by atoms with van der Waals surface area (Å²) in [5.41, 5.74) is 0.856. The molecular formula is C13H20N4O2. The molecule has 0 atom stereocenters. The molecule has 0 radical (unpaired) electrons. The second-order valence-corrected chi connectivity index (χ2v) is 4.58. The minimum Gasteiger partial charge on any atom is -0.477 e. The van der Waals surface area contributed by atoms with Gasteiger partial charge >= 0.3 is 0 Å². The van der Waals surface area contributed by atoms with E-state index in [4.69, 9.17) is 4.74 Å². The largest absolute Gasteiger partial charge is 0.477 e. The maximum atomic E-state index is 12.0. The van der Waals surface area contributed by atoms with Crippen molar-refractivity contribution in [3.05, 3.63) is 18.1 Å². The summed E-state index contributed by atoms with van der Waals surface area (Å²) in [6.45, 7) is 5.71. The van der Waals surface area contributed by atoms with Gasteiger partial charge in [0, 0.05) is 31.4 Å². The van der Waals surface area contributed by atoms with Gasteiger partial charge in [0.15, 0.2) is 0 Å². The molecule has 2 heterocycles. The van der Waals surface area contributed by atoms with Gasteiger partial charge in [0.05, 0.1) is 13.0 Å². The molecule has 6 nitrogen and oxygen atoms in total. The van der Waals surface area contributed by atoms with Crippen molar-refractivity contribution in [2.75, 3.05) is 32.8 Å². The predicted molar refractivity (Wildman–Crippen MR) is 70.9 cm³/mol. The van der Waals surface area contributed by atoms with E-state index in [9.17, 15) is 4.79 Å². The number of ether oxygens (including phenoxy) is 1. The van der Waals surface area contributed by atoms with Gasteiger partial charge in [0.1, 0.15) is 6.33 Å². The van der Waals surface area contributed by atoms with Gasteiger partial charge in [-0.1, -0.05) is 0 Å². The standard InChI is InChI=1S/C13H20N4O2/c1-11-9-12(16-10-15-11)19-8-3-13(18)17-6-2-4-14-5-7-17/h9-10,14H,2-8H2,1H3. The Bertz CT molecular complexity index is 417. The summed E-state index contributed by atoms with van der Waals surface area (Å²) in [4.78, 5) is 21.9. The molecule has 0 aromatic carbocycles. The van der Waals surface area contributed by atoms with Crippen molar-refractivity contribution in [1.29, 1.82) is 0 Å². The van der Waals surface area contributed by atoms with Gasteiger partial charge in [-0.25, -0.2) is 9.97 Å². The third-order valence-electron chi connectivity index (χ3n) is 3.04. The molecule has 19 heavy (non-hydrogen) atoms. The molecule has 0 spiro atoms. The van der Waals surface area contributed by atoms with Crippen LogP contribution in [0.15, 0.2) is 12.4 Å². The number of aryl methyl sites for hydroxylation is 1. The zero-order chi connectivity index (χ0) is 13.5. The van der Waals surface area contributed by atoms with Gasteiger partial charge in [-0.15, -0.1) is 0 Å². The third kappa shape index (κ3) is 4.48. The highest BCUT2D eigenvalue weighted by Crippen LogP contribution is 2.06. The Hall–Kier alpha value is -1.69. The van der Waals surface area contributed by atoms with Crippen molar-refractivity contribution in [3.8, 4) is 5.88 Å². The van der Waals surface area contributed by atoms with Crippen LogP contribution in [0.4, 0.5) is 0 Å². The van der Waals surface area contributed by atoms with Crippen LogP contribution in [-0.4, -0.2) is 53.6 Å². The quantitative estimate of drug-likeness (QED) is 0.851. The lowest BCUT2D eigenvalue weighted by molar-refractivity contribution is -0.131. The summed E-state index contributed by atoms with van der Waals surface area (Å²) in [5.74, 6) is 0.673. The Balaban J connectivity index is 1.74. The molecule has 0 saturated carbocycles. The molecule has 0 bridgehead atoms. The lowest BCUT2D eigenvalue weighted by Gasteiger charge is -2.19. The third-order valence-corrected chi connectivity index (χ3v) is 3.04. The van der Waals surface area contributed by atoms with Gasteiger partial charge in [-0.2, -0.15) is 0 Å². The predicted octanol–water partition coefficient (Wildman–Crippen LogP) is 0.376. The van der Waals surface area contributed by atoms with Crippen molar-refractivity contribution >= 4 is 5.91 Å². The summed E-state index contributed by atoms with van der Waals surface area (Å²) in [5, 5.41) is 3.28. The Kier molecular flexibility index (Phi) is 5.09. The molecule has 1 aromatic rings. The lowest BCUT2D eigenvalue weighted by Crippen LogP contribution is -2.34. The van der Waals surface area contributed by atoms with Gasteiger partial charge in [0.2, 0.25) is 11.8 Å². The van der Waals surface area contributed by atoms with E-state index in [2.05, 4.69) is 15.3 Å². The van der Waals surface area contributed by atoms with Crippen LogP contribution in [0.3, 0.4) is 0 Å². The van der Waals surface area contributed by atoms with Crippen LogP contribution in [0.5, 0.6) is 5.88 Å². The highest BCUT2D eigenvalue weighted by Gasteiger charge is 2.14. The van der Waals surface area contributed by atoms with E-state index >= 15 is 0 Å². The highest BCUT2D eigenvalue weighted by atomic mass is 16.5. The summed E-state index contributed by atoms with van der Waals surface area (Å²) in [7, 11) is 0. The van der Waals surface area contributed by atoms with E-state index < -0.39 is 0 Å². The lowest BCUT2D eigenvalue weighted by atomic mass is 10.3. The summed E-state index contributed by atoms with van der Waals surface area (Å²) >= 11 is 0. The number of carbonyl (C=O) groups excluding carboxylic acids is 1. The van der Waals surface area contributed by atoms with Crippen molar-refractivity contribution in [1.82, 2.24) is 20.2 Å². The minimum absolute atomic E-state index is 0.148. The molecule has 104 valence electrons. The van der Waals surface area contributed by atoms with E-state index in [0.717, 1.165) is 38.3 Å². The van der Waals surface area contributed by atoms with E-state index in [0.29, 0.717) is 18.9 Å². The Morgan fingerprint density at radius 1 is 1.42 bits per heavy atom. The van der Waals surface area contributed by atoms with Crippen LogP contribution >= 0.6 is 0 Å². The van der Waals surface area contributed by atoms with E-state index in [1.54, 1.807) is 6.07 Å². The normalized spacial score (nSPS) is 15.9. The number of aromatic nitrogens is 2. The summed E-state index contributed by atoms with van der Waals surface area (Å²) in [6, 6.07) is 1.76. The molecule has 1 saturated heterocycles. The van der Waals surface area contributed by atoms with E-state index in [1.807, 2.05) is 11.8 Å². The maximum Gasteiger partial charge on any atom is 0.226 e. The van der Waals surface area contributed by atoms with Crippen molar-refractivity contribution in [3.63, 3.8) is 0 Å². The molecular weight excluding hydrogens is 244 g/mol. The first-order valence-corrected chi connectivity index (χ1v) is 6.65. The second kappa shape index (κ2) is 7.04. The topological polar surface area (TPSA) is 67.3 Å². The molecule has 1 N–H and O–H groups in total. The van der Waals surface area contributed by atoms with E-state index in [1.165, 1.54) is 6.33 Å². The van der Waals surface area contributed by atoms with Gasteiger partial charge < -0.3 is 15.0 Å². The monoisotopic (exact) mass is 264 g/mol. The van der Waals surface area contributed by atoms with Crippen molar-refractivity contribution < 1.29 is 9.53 Å².